The Morgan fingerprint density at radius 1 is 1.26 bits per heavy atom. The van der Waals surface area contributed by atoms with Gasteiger partial charge in [0.2, 0.25) is 0 Å². The lowest BCUT2D eigenvalue weighted by Gasteiger charge is -2.29. The van der Waals surface area contributed by atoms with Crippen LogP contribution in [0.2, 0.25) is 0 Å². The molecular weight excluding hydrogens is 308 g/mol. The van der Waals surface area contributed by atoms with Crippen LogP contribution in [-0.4, -0.2) is 19.1 Å². The normalized spacial score (nSPS) is 16.4. The van der Waals surface area contributed by atoms with Crippen molar-refractivity contribution in [2.45, 2.75) is 25.9 Å². The maximum Gasteiger partial charge on any atom is 0.268 e. The number of anilines is 1. The zero-order valence-corrected chi connectivity index (χ0v) is 13.5. The van der Waals surface area contributed by atoms with E-state index in [0.717, 1.165) is 54.1 Å². The summed E-state index contributed by atoms with van der Waals surface area (Å²) in [5, 5.41) is 9.05. The van der Waals surface area contributed by atoms with E-state index < -0.39 is 0 Å². The van der Waals surface area contributed by atoms with E-state index in [4.69, 9.17) is 10.00 Å². The van der Waals surface area contributed by atoms with Gasteiger partial charge in [-0.3, -0.25) is 4.79 Å². The second-order valence-electron chi connectivity index (χ2n) is 5.88. The van der Waals surface area contributed by atoms with Crippen molar-refractivity contribution in [3.05, 3.63) is 50.7 Å². The van der Waals surface area contributed by atoms with Crippen LogP contribution >= 0.6 is 11.3 Å². The fraction of sp³-hybridized carbons (Fsp3) is 0.333. The van der Waals surface area contributed by atoms with Crippen LogP contribution in [0.25, 0.3) is 0 Å². The first-order valence-corrected chi connectivity index (χ1v) is 8.62. The predicted octanol–water partition coefficient (Wildman–Crippen LogP) is 3.29. The van der Waals surface area contributed by atoms with E-state index in [0.29, 0.717) is 12.2 Å². The maximum atomic E-state index is 13.0. The van der Waals surface area contributed by atoms with Crippen molar-refractivity contribution in [3.63, 3.8) is 0 Å². The minimum Gasteiger partial charge on any atom is -0.376 e. The summed E-state index contributed by atoms with van der Waals surface area (Å²) in [4.78, 5) is 16.9. The van der Waals surface area contributed by atoms with Crippen LogP contribution in [0.5, 0.6) is 0 Å². The van der Waals surface area contributed by atoms with Gasteiger partial charge in [0.25, 0.3) is 5.91 Å². The topological polar surface area (TPSA) is 53.3 Å². The molecule has 0 fully saturated rings. The van der Waals surface area contributed by atoms with Gasteiger partial charge in [0, 0.05) is 23.5 Å². The number of thiophene rings is 1. The number of carbonyl (C=O) groups excluding carboxylic acids is 1. The van der Waals surface area contributed by atoms with Crippen LogP contribution in [0, 0.1) is 11.3 Å². The Morgan fingerprint density at radius 3 is 3.00 bits per heavy atom. The highest BCUT2D eigenvalue weighted by Gasteiger charge is 2.26. The summed E-state index contributed by atoms with van der Waals surface area (Å²) in [7, 11) is 0. The molecule has 0 bridgehead atoms. The van der Waals surface area contributed by atoms with Gasteiger partial charge in [-0.2, -0.15) is 5.26 Å². The molecule has 1 aromatic heterocycles. The third-order valence-corrected chi connectivity index (χ3v) is 5.64. The van der Waals surface area contributed by atoms with Gasteiger partial charge in [0.05, 0.1) is 29.7 Å². The minimum atomic E-state index is 0.0649. The minimum absolute atomic E-state index is 0.0649. The summed E-state index contributed by atoms with van der Waals surface area (Å²) in [6.45, 7) is 2.09. The van der Waals surface area contributed by atoms with E-state index in [-0.39, 0.29) is 5.91 Å². The Balaban J connectivity index is 1.68. The fourth-order valence-corrected chi connectivity index (χ4v) is 4.36. The molecule has 4 nitrogen and oxygen atoms in total. The molecule has 0 radical (unpaired) electrons. The maximum absolute atomic E-state index is 13.0. The molecule has 1 amide bonds. The van der Waals surface area contributed by atoms with E-state index >= 15 is 0 Å². The van der Waals surface area contributed by atoms with Crippen LogP contribution in [0.4, 0.5) is 5.69 Å². The molecule has 0 saturated carbocycles. The van der Waals surface area contributed by atoms with E-state index in [1.54, 1.807) is 17.4 Å². The van der Waals surface area contributed by atoms with E-state index in [2.05, 4.69) is 6.07 Å². The Labute approximate surface area is 138 Å². The lowest BCUT2D eigenvalue weighted by atomic mass is 9.99. The Kier molecular flexibility index (Phi) is 3.64. The molecule has 0 spiro atoms. The number of benzene rings is 1. The number of nitriles is 1. The molecule has 0 aliphatic carbocycles. The van der Waals surface area contributed by atoms with Crippen LogP contribution < -0.4 is 4.90 Å². The van der Waals surface area contributed by atoms with Crippen molar-refractivity contribution < 1.29 is 9.53 Å². The van der Waals surface area contributed by atoms with Crippen molar-refractivity contribution in [2.24, 2.45) is 0 Å². The molecule has 3 heterocycles. The van der Waals surface area contributed by atoms with Crippen molar-refractivity contribution in [3.8, 4) is 6.07 Å². The summed E-state index contributed by atoms with van der Waals surface area (Å²) in [6, 6.07) is 9.75. The van der Waals surface area contributed by atoms with E-state index in [9.17, 15) is 4.79 Å². The smallest absolute Gasteiger partial charge is 0.268 e. The fourth-order valence-electron chi connectivity index (χ4n) is 3.26. The lowest BCUT2D eigenvalue weighted by molar-refractivity contribution is 0.0988. The van der Waals surface area contributed by atoms with Crippen LogP contribution in [0.15, 0.2) is 24.3 Å². The van der Waals surface area contributed by atoms with Gasteiger partial charge in [-0.1, -0.05) is 0 Å². The highest BCUT2D eigenvalue weighted by Crippen LogP contribution is 2.32. The molecule has 0 unspecified atom stereocenters. The van der Waals surface area contributed by atoms with Crippen LogP contribution in [0.3, 0.4) is 0 Å². The average molecular weight is 324 g/mol. The van der Waals surface area contributed by atoms with Crippen molar-refractivity contribution in [1.82, 2.24) is 0 Å². The molecular formula is C18H16N2O2S. The number of carbonyl (C=O) groups is 1. The molecule has 0 saturated heterocycles. The monoisotopic (exact) mass is 324 g/mol. The molecule has 2 aliphatic rings. The summed E-state index contributed by atoms with van der Waals surface area (Å²) in [6.07, 6.45) is 2.75. The zero-order valence-electron chi connectivity index (χ0n) is 12.7. The van der Waals surface area contributed by atoms with Gasteiger partial charge in [-0.25, -0.2) is 0 Å². The summed E-state index contributed by atoms with van der Waals surface area (Å²) in [5.41, 5.74) is 3.85. The molecule has 2 aliphatic heterocycles. The third-order valence-electron chi connectivity index (χ3n) is 4.41. The molecule has 5 heteroatoms. The van der Waals surface area contributed by atoms with Crippen LogP contribution in [-0.2, 0) is 24.2 Å². The lowest BCUT2D eigenvalue weighted by Crippen LogP contribution is -2.35. The number of hydrogen-bond acceptors (Lipinski definition) is 4. The predicted molar refractivity (Wildman–Crippen MR) is 88.8 cm³/mol. The number of rotatable bonds is 1. The second-order valence-corrected chi connectivity index (χ2v) is 7.01. The van der Waals surface area contributed by atoms with Crippen molar-refractivity contribution >= 4 is 22.9 Å². The van der Waals surface area contributed by atoms with Gasteiger partial charge < -0.3 is 9.64 Å². The third kappa shape index (κ3) is 2.54. The highest BCUT2D eigenvalue weighted by atomic mass is 32.1. The second kappa shape index (κ2) is 5.80. The Bertz CT molecular complexity index is 795. The molecule has 4 rings (SSSR count). The first kappa shape index (κ1) is 14.4. The Hall–Kier alpha value is -2.16. The van der Waals surface area contributed by atoms with Gasteiger partial charge in [-0.15, -0.1) is 11.3 Å². The first-order chi connectivity index (χ1) is 11.3. The number of nitrogens with zero attached hydrogens (tertiary/aromatic N) is 2. The number of aryl methyl sites for hydroxylation is 1. The number of hydrogen-bond donors (Lipinski definition) is 0. The van der Waals surface area contributed by atoms with Crippen molar-refractivity contribution in [2.75, 3.05) is 18.1 Å². The quantitative estimate of drug-likeness (QED) is 0.809. The molecule has 0 N–H and O–H groups in total. The average Bonchev–Trinajstić information content (AvgIpc) is 3.04. The summed E-state index contributed by atoms with van der Waals surface area (Å²) < 4.78 is 5.47. The molecule has 23 heavy (non-hydrogen) atoms. The standard InChI is InChI=1S/C18H16N2O2S/c19-10-12-3-4-15-13(8-12)2-1-6-20(15)18(21)17-9-14-11-22-7-5-16(14)23-17/h3-4,8-9H,1-2,5-7,11H2. The molecule has 1 aromatic carbocycles. The summed E-state index contributed by atoms with van der Waals surface area (Å²) >= 11 is 1.60. The van der Waals surface area contributed by atoms with Gasteiger partial charge in [0.15, 0.2) is 0 Å². The SMILES string of the molecule is N#Cc1ccc2c(c1)CCCN2C(=O)c1cc2c(s1)CCOC2. The van der Waals surface area contributed by atoms with Gasteiger partial charge >= 0.3 is 0 Å². The number of amides is 1. The largest absolute Gasteiger partial charge is 0.376 e. The number of fused-ring (bicyclic) bond motifs is 2. The van der Waals surface area contributed by atoms with Gasteiger partial charge in [0.1, 0.15) is 0 Å². The molecule has 2 aromatic rings. The zero-order chi connectivity index (χ0) is 15.8. The van der Waals surface area contributed by atoms with Crippen LogP contribution in [0.1, 0.15) is 37.7 Å². The van der Waals surface area contributed by atoms with E-state index in [1.165, 1.54) is 4.88 Å². The van der Waals surface area contributed by atoms with Gasteiger partial charge in [-0.05, 0) is 48.2 Å². The Morgan fingerprint density at radius 2 is 2.17 bits per heavy atom. The molecule has 0 atom stereocenters. The molecule has 116 valence electrons. The highest BCUT2D eigenvalue weighted by molar-refractivity contribution is 7.14. The van der Waals surface area contributed by atoms with Crippen molar-refractivity contribution in [1.29, 1.82) is 5.26 Å². The number of ether oxygens (including phenoxy) is 1. The summed E-state index contributed by atoms with van der Waals surface area (Å²) in [5.74, 6) is 0.0649. The van der Waals surface area contributed by atoms with E-state index in [1.807, 2.05) is 23.1 Å². The first-order valence-electron chi connectivity index (χ1n) is 7.80.